The minimum absolute atomic E-state index is 0.354. The van der Waals surface area contributed by atoms with Crippen LogP contribution in [0.15, 0.2) is 18.3 Å². The molecule has 0 bridgehead atoms. The highest BCUT2D eigenvalue weighted by molar-refractivity contribution is 5.94. The molecule has 0 saturated heterocycles. The van der Waals surface area contributed by atoms with E-state index in [9.17, 15) is 4.79 Å². The molecule has 1 aliphatic rings. The number of aromatic nitrogens is 1. The van der Waals surface area contributed by atoms with Crippen molar-refractivity contribution in [3.05, 3.63) is 23.9 Å². The molecule has 1 unspecified atom stereocenters. The van der Waals surface area contributed by atoms with E-state index in [1.54, 1.807) is 18.3 Å². The first kappa shape index (κ1) is 17.7. The second kappa shape index (κ2) is 9.50. The molecular weight excluding hydrogens is 290 g/mol. The van der Waals surface area contributed by atoms with Crippen LogP contribution in [0.25, 0.3) is 0 Å². The number of hydrogen-bond acceptors (Lipinski definition) is 5. The molecule has 1 aliphatic carbocycles. The number of pyridine rings is 1. The summed E-state index contributed by atoms with van der Waals surface area (Å²) in [5.74, 6) is 0.250. The Morgan fingerprint density at radius 1 is 1.39 bits per heavy atom. The van der Waals surface area contributed by atoms with Crippen LogP contribution < -0.4 is 10.6 Å². The lowest BCUT2D eigenvalue weighted by Gasteiger charge is -2.28. The maximum atomic E-state index is 11.7. The minimum Gasteiger partial charge on any atom is -0.465 e. The van der Waals surface area contributed by atoms with Crippen LogP contribution in [0.3, 0.4) is 0 Å². The average Bonchev–Trinajstić information content (AvgIpc) is 2.61. The van der Waals surface area contributed by atoms with Gasteiger partial charge in [-0.15, -0.1) is 0 Å². The molecule has 0 aromatic carbocycles. The quantitative estimate of drug-likeness (QED) is 0.719. The normalized spacial score (nSPS) is 16.8. The SMILES string of the molecule is CCC(CCNc1ncccc1C(=O)OC)NC1CCCCC1. The summed E-state index contributed by atoms with van der Waals surface area (Å²) in [6.45, 7) is 3.01. The first-order chi connectivity index (χ1) is 11.2. The molecule has 128 valence electrons. The number of nitrogens with one attached hydrogen (secondary N) is 2. The van der Waals surface area contributed by atoms with Gasteiger partial charge in [-0.25, -0.2) is 9.78 Å². The van der Waals surface area contributed by atoms with Crippen molar-refractivity contribution in [3.8, 4) is 0 Å². The molecule has 0 spiro atoms. The molecule has 5 nitrogen and oxygen atoms in total. The van der Waals surface area contributed by atoms with Crippen LogP contribution in [0.1, 0.15) is 62.2 Å². The van der Waals surface area contributed by atoms with Crippen molar-refractivity contribution in [1.29, 1.82) is 0 Å². The van der Waals surface area contributed by atoms with Crippen molar-refractivity contribution in [2.45, 2.75) is 64.0 Å². The zero-order chi connectivity index (χ0) is 16.5. The van der Waals surface area contributed by atoms with E-state index in [4.69, 9.17) is 4.74 Å². The van der Waals surface area contributed by atoms with Crippen LogP contribution in [-0.4, -0.2) is 36.7 Å². The van der Waals surface area contributed by atoms with Crippen LogP contribution >= 0.6 is 0 Å². The van der Waals surface area contributed by atoms with Gasteiger partial charge in [0.15, 0.2) is 0 Å². The first-order valence-corrected chi connectivity index (χ1v) is 8.77. The Bertz CT molecular complexity index is 487. The first-order valence-electron chi connectivity index (χ1n) is 8.77. The summed E-state index contributed by atoms with van der Waals surface area (Å²) in [6.07, 6.45) is 10.5. The topological polar surface area (TPSA) is 63.2 Å². The fraction of sp³-hybridized carbons (Fsp3) is 0.667. The Morgan fingerprint density at radius 2 is 2.17 bits per heavy atom. The number of carbonyl (C=O) groups is 1. The van der Waals surface area contributed by atoms with Gasteiger partial charge in [-0.05, 0) is 37.8 Å². The maximum Gasteiger partial charge on any atom is 0.341 e. The highest BCUT2D eigenvalue weighted by Gasteiger charge is 2.17. The predicted octanol–water partition coefficient (Wildman–Crippen LogP) is 3.37. The molecule has 2 N–H and O–H groups in total. The van der Waals surface area contributed by atoms with Crippen molar-refractivity contribution < 1.29 is 9.53 Å². The standard InChI is InChI=1S/C18H29N3O2/c1-3-14(21-15-8-5-4-6-9-15)11-13-20-17-16(18(22)23-2)10-7-12-19-17/h7,10,12,14-15,21H,3-6,8-9,11,13H2,1-2H3,(H,19,20). The molecule has 2 rings (SSSR count). The molecule has 1 aromatic heterocycles. The zero-order valence-corrected chi connectivity index (χ0v) is 14.3. The zero-order valence-electron chi connectivity index (χ0n) is 14.3. The van der Waals surface area contributed by atoms with Gasteiger partial charge in [0.2, 0.25) is 0 Å². The third-order valence-electron chi connectivity index (χ3n) is 4.57. The summed E-state index contributed by atoms with van der Waals surface area (Å²) < 4.78 is 4.79. The van der Waals surface area contributed by atoms with Crippen LogP contribution in [0.2, 0.25) is 0 Å². The molecule has 1 heterocycles. The predicted molar refractivity (Wildman–Crippen MR) is 92.8 cm³/mol. The van der Waals surface area contributed by atoms with E-state index in [0.29, 0.717) is 23.5 Å². The number of ether oxygens (including phenoxy) is 1. The van der Waals surface area contributed by atoms with Crippen molar-refractivity contribution in [2.24, 2.45) is 0 Å². The number of rotatable bonds is 8. The Balaban J connectivity index is 1.82. The number of nitrogens with zero attached hydrogens (tertiary/aromatic N) is 1. The van der Waals surface area contributed by atoms with E-state index in [1.165, 1.54) is 39.2 Å². The molecular formula is C18H29N3O2. The summed E-state index contributed by atoms with van der Waals surface area (Å²) in [5.41, 5.74) is 0.489. The van der Waals surface area contributed by atoms with Gasteiger partial charge >= 0.3 is 5.97 Å². The van der Waals surface area contributed by atoms with E-state index < -0.39 is 0 Å². The van der Waals surface area contributed by atoms with Crippen molar-refractivity contribution >= 4 is 11.8 Å². The molecule has 0 radical (unpaired) electrons. The van der Waals surface area contributed by atoms with Gasteiger partial charge in [-0.3, -0.25) is 0 Å². The molecule has 1 atom stereocenters. The van der Waals surface area contributed by atoms with Crippen molar-refractivity contribution in [1.82, 2.24) is 10.3 Å². The van der Waals surface area contributed by atoms with Gasteiger partial charge < -0.3 is 15.4 Å². The van der Waals surface area contributed by atoms with Gasteiger partial charge in [0, 0.05) is 24.8 Å². The van der Waals surface area contributed by atoms with Crippen molar-refractivity contribution in [2.75, 3.05) is 19.0 Å². The highest BCUT2D eigenvalue weighted by Crippen LogP contribution is 2.19. The monoisotopic (exact) mass is 319 g/mol. The van der Waals surface area contributed by atoms with Gasteiger partial charge in [0.1, 0.15) is 11.4 Å². The minimum atomic E-state index is -0.354. The number of methoxy groups -OCH3 is 1. The fourth-order valence-electron chi connectivity index (χ4n) is 3.19. The summed E-state index contributed by atoms with van der Waals surface area (Å²) >= 11 is 0. The Kier molecular flexibility index (Phi) is 7.33. The third kappa shape index (κ3) is 5.50. The van der Waals surface area contributed by atoms with Crippen LogP contribution in [-0.2, 0) is 4.74 Å². The highest BCUT2D eigenvalue weighted by atomic mass is 16.5. The van der Waals surface area contributed by atoms with Gasteiger partial charge in [-0.2, -0.15) is 0 Å². The fourth-order valence-corrected chi connectivity index (χ4v) is 3.19. The lowest BCUT2D eigenvalue weighted by Crippen LogP contribution is -2.40. The molecule has 23 heavy (non-hydrogen) atoms. The average molecular weight is 319 g/mol. The Hall–Kier alpha value is -1.62. The second-order valence-electron chi connectivity index (χ2n) is 6.21. The summed E-state index contributed by atoms with van der Waals surface area (Å²) in [4.78, 5) is 16.0. The summed E-state index contributed by atoms with van der Waals surface area (Å²) in [7, 11) is 1.39. The Morgan fingerprint density at radius 3 is 2.87 bits per heavy atom. The van der Waals surface area contributed by atoms with E-state index in [-0.39, 0.29) is 5.97 Å². The largest absolute Gasteiger partial charge is 0.465 e. The lowest BCUT2D eigenvalue weighted by atomic mass is 9.94. The molecule has 0 aliphatic heterocycles. The second-order valence-corrected chi connectivity index (χ2v) is 6.21. The van der Waals surface area contributed by atoms with Crippen LogP contribution in [0.5, 0.6) is 0 Å². The van der Waals surface area contributed by atoms with Crippen molar-refractivity contribution in [3.63, 3.8) is 0 Å². The lowest BCUT2D eigenvalue weighted by molar-refractivity contribution is 0.0601. The molecule has 1 aromatic rings. The van der Waals surface area contributed by atoms with E-state index >= 15 is 0 Å². The molecule has 5 heteroatoms. The maximum absolute atomic E-state index is 11.7. The van der Waals surface area contributed by atoms with Gasteiger partial charge in [0.25, 0.3) is 0 Å². The third-order valence-corrected chi connectivity index (χ3v) is 4.57. The van der Waals surface area contributed by atoms with E-state index in [1.807, 2.05) is 0 Å². The number of hydrogen-bond donors (Lipinski definition) is 2. The molecule has 1 saturated carbocycles. The smallest absolute Gasteiger partial charge is 0.341 e. The summed E-state index contributed by atoms with van der Waals surface area (Å²) in [5, 5.41) is 7.07. The summed E-state index contributed by atoms with van der Waals surface area (Å²) in [6, 6.07) is 4.67. The van der Waals surface area contributed by atoms with Gasteiger partial charge in [-0.1, -0.05) is 26.2 Å². The van der Waals surface area contributed by atoms with E-state index in [0.717, 1.165) is 19.4 Å². The van der Waals surface area contributed by atoms with Crippen LogP contribution in [0.4, 0.5) is 5.82 Å². The van der Waals surface area contributed by atoms with Crippen LogP contribution in [0, 0.1) is 0 Å². The Labute approximate surface area is 139 Å². The number of anilines is 1. The van der Waals surface area contributed by atoms with E-state index in [2.05, 4.69) is 22.5 Å². The number of carbonyl (C=O) groups excluding carboxylic acids is 1. The molecule has 0 amide bonds. The molecule has 1 fully saturated rings. The number of esters is 1. The van der Waals surface area contributed by atoms with Gasteiger partial charge in [0.05, 0.1) is 7.11 Å².